The zero-order valence-electron chi connectivity index (χ0n) is 13.0. The van der Waals surface area contributed by atoms with E-state index in [9.17, 15) is 8.42 Å². The number of anilines is 1. The summed E-state index contributed by atoms with van der Waals surface area (Å²) < 4.78 is 27.7. The highest BCUT2D eigenvalue weighted by atomic mass is 32.2. The number of likely N-dealkylation sites (tertiary alicyclic amines) is 1. The van der Waals surface area contributed by atoms with Gasteiger partial charge in [-0.05, 0) is 70.0 Å². The predicted molar refractivity (Wildman–Crippen MR) is 85.8 cm³/mol. The number of benzene rings is 1. The second-order valence-corrected chi connectivity index (χ2v) is 7.64. The van der Waals surface area contributed by atoms with E-state index >= 15 is 0 Å². The van der Waals surface area contributed by atoms with Gasteiger partial charge in [0, 0.05) is 18.3 Å². The normalized spacial score (nSPS) is 18.0. The highest BCUT2D eigenvalue weighted by Gasteiger charge is 2.22. The Kier molecular flexibility index (Phi) is 4.91. The highest BCUT2D eigenvalue weighted by Crippen LogP contribution is 2.22. The molecule has 0 bridgehead atoms. The molecule has 1 heterocycles. The standard InChI is InChI=1S/C15H25N3O2S/c1-11-8-14(16)9-15(13(11)3)21(19,20)17-10-12(2)18-6-4-5-7-18/h8-9,12,17H,4-7,10,16H2,1-3H3. The van der Waals surface area contributed by atoms with Crippen molar-refractivity contribution in [3.05, 3.63) is 23.3 Å². The van der Waals surface area contributed by atoms with Crippen LogP contribution in [0.3, 0.4) is 0 Å². The fraction of sp³-hybridized carbons (Fsp3) is 0.600. The van der Waals surface area contributed by atoms with Crippen LogP contribution in [0.25, 0.3) is 0 Å². The molecule has 0 aromatic heterocycles. The number of hydrogen-bond donors (Lipinski definition) is 2. The van der Waals surface area contributed by atoms with Gasteiger partial charge in [-0.2, -0.15) is 0 Å². The Labute approximate surface area is 127 Å². The fourth-order valence-electron chi connectivity index (χ4n) is 2.75. The predicted octanol–water partition coefficient (Wildman–Crippen LogP) is 1.65. The molecule has 1 aromatic rings. The van der Waals surface area contributed by atoms with Gasteiger partial charge in [0.15, 0.2) is 0 Å². The molecule has 0 aliphatic carbocycles. The van der Waals surface area contributed by atoms with E-state index in [-0.39, 0.29) is 10.9 Å². The van der Waals surface area contributed by atoms with Crippen molar-refractivity contribution >= 4 is 15.7 Å². The van der Waals surface area contributed by atoms with Gasteiger partial charge in [0.2, 0.25) is 10.0 Å². The molecule has 1 atom stereocenters. The van der Waals surface area contributed by atoms with E-state index < -0.39 is 10.0 Å². The molecule has 118 valence electrons. The van der Waals surface area contributed by atoms with Crippen molar-refractivity contribution in [3.8, 4) is 0 Å². The van der Waals surface area contributed by atoms with Crippen LogP contribution in [0.15, 0.2) is 17.0 Å². The molecule has 1 fully saturated rings. The largest absolute Gasteiger partial charge is 0.399 e. The molecule has 2 rings (SSSR count). The average Bonchev–Trinajstić information content (AvgIpc) is 2.94. The molecule has 0 radical (unpaired) electrons. The van der Waals surface area contributed by atoms with Crippen molar-refractivity contribution in [1.29, 1.82) is 0 Å². The first-order chi connectivity index (χ1) is 9.81. The molecule has 21 heavy (non-hydrogen) atoms. The third-order valence-corrected chi connectivity index (χ3v) is 5.81. The van der Waals surface area contributed by atoms with Crippen molar-refractivity contribution < 1.29 is 8.42 Å². The zero-order chi connectivity index (χ0) is 15.6. The number of aryl methyl sites for hydroxylation is 1. The first-order valence-corrected chi connectivity index (χ1v) is 8.90. The molecule has 0 amide bonds. The van der Waals surface area contributed by atoms with Gasteiger partial charge in [0.1, 0.15) is 0 Å². The summed E-state index contributed by atoms with van der Waals surface area (Å²) in [5.41, 5.74) is 7.90. The summed E-state index contributed by atoms with van der Waals surface area (Å²) in [6.45, 7) is 8.28. The Morgan fingerprint density at radius 3 is 2.52 bits per heavy atom. The number of nitrogen functional groups attached to an aromatic ring is 1. The van der Waals surface area contributed by atoms with Crippen LogP contribution >= 0.6 is 0 Å². The van der Waals surface area contributed by atoms with Crippen LogP contribution in [-0.4, -0.2) is 39.0 Å². The molecule has 1 unspecified atom stereocenters. The van der Waals surface area contributed by atoms with Crippen LogP contribution in [0.2, 0.25) is 0 Å². The van der Waals surface area contributed by atoms with E-state index in [2.05, 4.69) is 16.5 Å². The number of nitrogens with zero attached hydrogens (tertiary/aromatic N) is 1. The summed E-state index contributed by atoms with van der Waals surface area (Å²) in [7, 11) is -3.52. The summed E-state index contributed by atoms with van der Waals surface area (Å²) in [6, 6.07) is 3.54. The second-order valence-electron chi connectivity index (χ2n) is 5.90. The maximum atomic E-state index is 12.5. The Morgan fingerprint density at radius 1 is 1.29 bits per heavy atom. The Balaban J connectivity index is 2.11. The first-order valence-electron chi connectivity index (χ1n) is 7.41. The minimum Gasteiger partial charge on any atom is -0.399 e. The molecule has 0 spiro atoms. The first kappa shape index (κ1) is 16.3. The number of nitrogens with two attached hydrogens (primary N) is 1. The Bertz CT molecular complexity index is 608. The molecular formula is C15H25N3O2S. The van der Waals surface area contributed by atoms with Gasteiger partial charge in [-0.1, -0.05) is 0 Å². The number of hydrogen-bond acceptors (Lipinski definition) is 4. The summed E-state index contributed by atoms with van der Waals surface area (Å²) in [6.07, 6.45) is 2.40. The van der Waals surface area contributed by atoms with Crippen LogP contribution in [-0.2, 0) is 10.0 Å². The van der Waals surface area contributed by atoms with E-state index in [1.165, 1.54) is 18.9 Å². The second kappa shape index (κ2) is 6.34. The van der Waals surface area contributed by atoms with Crippen molar-refractivity contribution in [1.82, 2.24) is 9.62 Å². The maximum Gasteiger partial charge on any atom is 0.240 e. The van der Waals surface area contributed by atoms with E-state index in [0.29, 0.717) is 12.2 Å². The molecule has 1 saturated heterocycles. The average molecular weight is 311 g/mol. The van der Waals surface area contributed by atoms with Crippen molar-refractivity contribution in [2.24, 2.45) is 0 Å². The minimum absolute atomic E-state index is 0.213. The van der Waals surface area contributed by atoms with Crippen LogP contribution in [0.5, 0.6) is 0 Å². The number of nitrogens with one attached hydrogen (secondary N) is 1. The van der Waals surface area contributed by atoms with Crippen LogP contribution in [0.4, 0.5) is 5.69 Å². The van der Waals surface area contributed by atoms with Gasteiger partial charge in [0.25, 0.3) is 0 Å². The molecule has 1 aliphatic rings. The fourth-order valence-corrected chi connectivity index (χ4v) is 4.22. The van der Waals surface area contributed by atoms with Crippen LogP contribution < -0.4 is 10.5 Å². The van der Waals surface area contributed by atoms with Gasteiger partial charge in [-0.15, -0.1) is 0 Å². The summed E-state index contributed by atoms with van der Waals surface area (Å²) >= 11 is 0. The van der Waals surface area contributed by atoms with Gasteiger partial charge in [-0.25, -0.2) is 13.1 Å². The molecule has 3 N–H and O–H groups in total. The summed E-state index contributed by atoms with van der Waals surface area (Å²) in [5, 5.41) is 0. The number of sulfonamides is 1. The molecule has 1 aliphatic heterocycles. The van der Waals surface area contributed by atoms with Crippen molar-refractivity contribution in [3.63, 3.8) is 0 Å². The van der Waals surface area contributed by atoms with Crippen molar-refractivity contribution in [2.45, 2.75) is 44.6 Å². The van der Waals surface area contributed by atoms with E-state index in [0.717, 1.165) is 24.2 Å². The van der Waals surface area contributed by atoms with Gasteiger partial charge in [-0.3, -0.25) is 4.90 Å². The topological polar surface area (TPSA) is 75.4 Å². The summed E-state index contributed by atoms with van der Waals surface area (Å²) in [5.74, 6) is 0. The molecule has 0 saturated carbocycles. The molecule has 1 aromatic carbocycles. The lowest BCUT2D eigenvalue weighted by molar-refractivity contribution is 0.260. The quantitative estimate of drug-likeness (QED) is 0.811. The Morgan fingerprint density at radius 2 is 1.90 bits per heavy atom. The molecular weight excluding hydrogens is 286 g/mol. The van der Waals surface area contributed by atoms with Crippen LogP contribution in [0.1, 0.15) is 30.9 Å². The van der Waals surface area contributed by atoms with E-state index in [1.54, 1.807) is 6.07 Å². The van der Waals surface area contributed by atoms with E-state index in [1.807, 2.05) is 13.8 Å². The third kappa shape index (κ3) is 3.75. The molecule has 6 heteroatoms. The number of rotatable bonds is 5. The Hall–Kier alpha value is -1.11. The zero-order valence-corrected chi connectivity index (χ0v) is 13.8. The third-order valence-electron chi connectivity index (χ3n) is 4.26. The SMILES string of the molecule is Cc1cc(N)cc(S(=O)(=O)NCC(C)N2CCCC2)c1C. The minimum atomic E-state index is -3.52. The molecule has 5 nitrogen and oxygen atoms in total. The van der Waals surface area contributed by atoms with Gasteiger partial charge < -0.3 is 5.73 Å². The monoisotopic (exact) mass is 311 g/mol. The highest BCUT2D eigenvalue weighted by molar-refractivity contribution is 7.89. The van der Waals surface area contributed by atoms with Gasteiger partial charge in [0.05, 0.1) is 4.90 Å². The summed E-state index contributed by atoms with van der Waals surface area (Å²) in [4.78, 5) is 2.61. The van der Waals surface area contributed by atoms with E-state index in [4.69, 9.17) is 5.73 Å². The maximum absolute atomic E-state index is 12.5. The lowest BCUT2D eigenvalue weighted by atomic mass is 10.1. The van der Waals surface area contributed by atoms with Gasteiger partial charge >= 0.3 is 0 Å². The lowest BCUT2D eigenvalue weighted by Crippen LogP contribution is -2.40. The smallest absolute Gasteiger partial charge is 0.240 e. The lowest BCUT2D eigenvalue weighted by Gasteiger charge is -2.24. The van der Waals surface area contributed by atoms with Crippen molar-refractivity contribution in [2.75, 3.05) is 25.4 Å². The van der Waals surface area contributed by atoms with Crippen LogP contribution in [0, 0.1) is 13.8 Å².